The molecule has 0 aromatic carbocycles. The van der Waals surface area contributed by atoms with E-state index >= 15 is 0 Å². The molecule has 1 aliphatic rings. The van der Waals surface area contributed by atoms with E-state index in [1.54, 1.807) is 0 Å². The molecule has 1 aromatic heterocycles. The van der Waals surface area contributed by atoms with Crippen molar-refractivity contribution < 1.29 is 4.84 Å². The van der Waals surface area contributed by atoms with Crippen molar-refractivity contribution in [2.75, 3.05) is 6.61 Å². The molecule has 0 saturated heterocycles. The summed E-state index contributed by atoms with van der Waals surface area (Å²) in [6.45, 7) is 4.85. The van der Waals surface area contributed by atoms with E-state index in [2.05, 4.69) is 25.1 Å². The van der Waals surface area contributed by atoms with Crippen LogP contribution in [-0.4, -0.2) is 16.4 Å². The molecule has 2 rings (SSSR count). The second-order valence-electron chi connectivity index (χ2n) is 4.39. The Morgan fingerprint density at radius 1 is 1.64 bits per heavy atom. The van der Waals surface area contributed by atoms with Gasteiger partial charge in [0.15, 0.2) is 0 Å². The summed E-state index contributed by atoms with van der Waals surface area (Å²) in [5.74, 6) is 5.13. The van der Waals surface area contributed by atoms with E-state index in [1.807, 2.05) is 10.9 Å². The molecule has 0 atom stereocenters. The second-order valence-corrected chi connectivity index (χ2v) is 4.39. The van der Waals surface area contributed by atoms with Gasteiger partial charge in [-0.25, -0.2) is 5.90 Å². The van der Waals surface area contributed by atoms with Crippen LogP contribution in [0.5, 0.6) is 0 Å². The summed E-state index contributed by atoms with van der Waals surface area (Å²) in [6.07, 6.45) is 6.37. The Morgan fingerprint density at radius 3 is 2.79 bits per heavy atom. The van der Waals surface area contributed by atoms with E-state index in [0.717, 1.165) is 12.8 Å². The van der Waals surface area contributed by atoms with Crippen LogP contribution in [0, 0.1) is 0 Å². The fourth-order valence-corrected chi connectivity index (χ4v) is 1.72. The number of rotatable bonds is 4. The van der Waals surface area contributed by atoms with E-state index in [9.17, 15) is 0 Å². The molecule has 0 amide bonds. The molecular formula is C10H17N3O. The van der Waals surface area contributed by atoms with E-state index in [4.69, 9.17) is 10.7 Å². The molecule has 0 unspecified atom stereocenters. The fourth-order valence-electron chi connectivity index (χ4n) is 1.72. The summed E-state index contributed by atoms with van der Waals surface area (Å²) in [5, 5.41) is 4.32. The Kier molecular flexibility index (Phi) is 2.33. The lowest BCUT2D eigenvalue weighted by atomic mass is 10.0. The molecule has 78 valence electrons. The quantitative estimate of drug-likeness (QED) is 0.738. The number of hydrogen-bond acceptors (Lipinski definition) is 3. The topological polar surface area (TPSA) is 53.1 Å². The first-order valence-electron chi connectivity index (χ1n) is 5.04. The SMILES string of the molecule is CC(C)n1cc(C2(CON)CC2)cn1. The van der Waals surface area contributed by atoms with Crippen LogP contribution in [0.2, 0.25) is 0 Å². The van der Waals surface area contributed by atoms with Gasteiger partial charge in [0.2, 0.25) is 0 Å². The first-order chi connectivity index (χ1) is 6.68. The zero-order valence-electron chi connectivity index (χ0n) is 8.73. The van der Waals surface area contributed by atoms with Crippen LogP contribution >= 0.6 is 0 Å². The molecule has 1 fully saturated rings. The molecule has 4 nitrogen and oxygen atoms in total. The maximum Gasteiger partial charge on any atom is 0.0777 e. The van der Waals surface area contributed by atoms with Crippen LogP contribution in [-0.2, 0) is 10.3 Å². The third-order valence-corrected chi connectivity index (χ3v) is 2.96. The lowest BCUT2D eigenvalue weighted by molar-refractivity contribution is 0.116. The van der Waals surface area contributed by atoms with Gasteiger partial charge in [0, 0.05) is 17.7 Å². The highest BCUT2D eigenvalue weighted by atomic mass is 16.6. The van der Waals surface area contributed by atoms with E-state index in [0.29, 0.717) is 12.6 Å². The molecule has 2 N–H and O–H groups in total. The predicted molar refractivity (Wildman–Crippen MR) is 53.7 cm³/mol. The summed E-state index contributed by atoms with van der Waals surface area (Å²) >= 11 is 0. The van der Waals surface area contributed by atoms with Crippen LogP contribution in [0.3, 0.4) is 0 Å². The molecule has 0 bridgehead atoms. The molecular weight excluding hydrogens is 178 g/mol. The van der Waals surface area contributed by atoms with Crippen molar-refractivity contribution >= 4 is 0 Å². The smallest absolute Gasteiger partial charge is 0.0777 e. The van der Waals surface area contributed by atoms with E-state index in [1.165, 1.54) is 5.56 Å². The first kappa shape index (κ1) is 9.68. The summed E-state index contributed by atoms with van der Waals surface area (Å²) in [5.41, 5.74) is 1.43. The van der Waals surface area contributed by atoms with Crippen molar-refractivity contribution in [3.8, 4) is 0 Å². The van der Waals surface area contributed by atoms with Gasteiger partial charge in [-0.2, -0.15) is 5.10 Å². The van der Waals surface area contributed by atoms with Gasteiger partial charge in [0.1, 0.15) is 0 Å². The molecule has 1 aromatic rings. The Labute approximate surface area is 84.0 Å². The average molecular weight is 195 g/mol. The Balaban J connectivity index is 2.16. The zero-order valence-corrected chi connectivity index (χ0v) is 8.73. The summed E-state index contributed by atoms with van der Waals surface area (Å²) < 4.78 is 1.98. The maximum absolute atomic E-state index is 5.13. The molecule has 0 spiro atoms. The molecule has 1 aliphatic carbocycles. The molecule has 0 aliphatic heterocycles. The van der Waals surface area contributed by atoms with Gasteiger partial charge in [-0.3, -0.25) is 4.68 Å². The lowest BCUT2D eigenvalue weighted by Gasteiger charge is -2.10. The van der Waals surface area contributed by atoms with Gasteiger partial charge in [-0.05, 0) is 32.3 Å². The fraction of sp³-hybridized carbons (Fsp3) is 0.700. The van der Waals surface area contributed by atoms with Crippen LogP contribution in [0.25, 0.3) is 0 Å². The van der Waals surface area contributed by atoms with Gasteiger partial charge in [-0.1, -0.05) is 0 Å². The van der Waals surface area contributed by atoms with Gasteiger partial charge >= 0.3 is 0 Å². The number of nitrogens with zero attached hydrogens (tertiary/aromatic N) is 2. The third kappa shape index (κ3) is 1.55. The Bertz CT molecular complexity index is 315. The van der Waals surface area contributed by atoms with Crippen molar-refractivity contribution in [2.45, 2.75) is 38.1 Å². The number of aromatic nitrogens is 2. The van der Waals surface area contributed by atoms with Crippen LogP contribution in [0.15, 0.2) is 12.4 Å². The second kappa shape index (κ2) is 3.37. The van der Waals surface area contributed by atoms with Crippen LogP contribution < -0.4 is 5.90 Å². The minimum atomic E-state index is 0.169. The van der Waals surface area contributed by atoms with Crippen molar-refractivity contribution in [1.82, 2.24) is 9.78 Å². The maximum atomic E-state index is 5.13. The van der Waals surface area contributed by atoms with Gasteiger partial charge in [0.25, 0.3) is 0 Å². The monoisotopic (exact) mass is 195 g/mol. The highest BCUT2D eigenvalue weighted by molar-refractivity contribution is 5.27. The van der Waals surface area contributed by atoms with Gasteiger partial charge in [0.05, 0.1) is 12.8 Å². The van der Waals surface area contributed by atoms with Crippen molar-refractivity contribution in [3.05, 3.63) is 18.0 Å². The van der Waals surface area contributed by atoms with Crippen LogP contribution in [0.4, 0.5) is 0 Å². The minimum Gasteiger partial charge on any atom is -0.304 e. The summed E-state index contributed by atoms with van der Waals surface area (Å²) in [7, 11) is 0. The molecule has 1 heterocycles. The normalized spacial score (nSPS) is 18.9. The predicted octanol–water partition coefficient (Wildman–Crippen LogP) is 1.39. The van der Waals surface area contributed by atoms with Crippen LogP contribution in [0.1, 0.15) is 38.3 Å². The largest absolute Gasteiger partial charge is 0.304 e. The summed E-state index contributed by atoms with van der Waals surface area (Å²) in [6, 6.07) is 0.415. The van der Waals surface area contributed by atoms with E-state index in [-0.39, 0.29) is 5.41 Å². The van der Waals surface area contributed by atoms with Crippen molar-refractivity contribution in [3.63, 3.8) is 0 Å². The highest BCUT2D eigenvalue weighted by Crippen LogP contribution is 2.48. The Hall–Kier alpha value is -0.870. The first-order valence-corrected chi connectivity index (χ1v) is 5.04. The zero-order chi connectivity index (χ0) is 10.2. The van der Waals surface area contributed by atoms with Gasteiger partial charge < -0.3 is 4.84 Å². The average Bonchev–Trinajstić information content (AvgIpc) is 2.77. The minimum absolute atomic E-state index is 0.169. The number of nitrogens with two attached hydrogens (primary N) is 1. The third-order valence-electron chi connectivity index (χ3n) is 2.96. The van der Waals surface area contributed by atoms with Crippen molar-refractivity contribution in [2.24, 2.45) is 5.90 Å². The van der Waals surface area contributed by atoms with Gasteiger partial charge in [-0.15, -0.1) is 0 Å². The Morgan fingerprint density at radius 2 is 2.36 bits per heavy atom. The molecule has 0 radical (unpaired) electrons. The number of hydrogen-bond donors (Lipinski definition) is 1. The van der Waals surface area contributed by atoms with Crippen molar-refractivity contribution in [1.29, 1.82) is 0 Å². The highest BCUT2D eigenvalue weighted by Gasteiger charge is 2.45. The molecule has 1 saturated carbocycles. The molecule has 4 heteroatoms. The summed E-state index contributed by atoms with van der Waals surface area (Å²) in [4.78, 5) is 4.76. The van der Waals surface area contributed by atoms with E-state index < -0.39 is 0 Å². The standard InChI is InChI=1S/C10H17N3O/c1-8(2)13-6-9(5-12-13)10(3-4-10)7-14-11/h5-6,8H,3-4,7,11H2,1-2H3. The molecule has 14 heavy (non-hydrogen) atoms. The lowest BCUT2D eigenvalue weighted by Crippen LogP contribution is -2.17.